The molecule has 94 valence electrons. The molecule has 0 bridgehead atoms. The summed E-state index contributed by atoms with van der Waals surface area (Å²) >= 11 is 6.34. The molecule has 0 aliphatic carbocycles. The van der Waals surface area contributed by atoms with Gasteiger partial charge in [0.25, 0.3) is 0 Å². The summed E-state index contributed by atoms with van der Waals surface area (Å²) in [7, 11) is 0. The summed E-state index contributed by atoms with van der Waals surface area (Å²) in [4.78, 5) is 4.49. The number of nitrogens with zero attached hydrogens (tertiary/aromatic N) is 1. The molecule has 2 heteroatoms. The Hall–Kier alpha value is -1.86. The van der Waals surface area contributed by atoms with E-state index < -0.39 is 0 Å². The maximum absolute atomic E-state index is 6.34. The van der Waals surface area contributed by atoms with Gasteiger partial charge < -0.3 is 0 Å². The topological polar surface area (TPSA) is 12.9 Å². The molecule has 0 saturated carbocycles. The Labute approximate surface area is 117 Å². The molecule has 2 aromatic carbocycles. The molecule has 0 N–H and O–H groups in total. The Kier molecular flexibility index (Phi) is 3.22. The zero-order valence-electron chi connectivity index (χ0n) is 10.7. The van der Waals surface area contributed by atoms with E-state index in [4.69, 9.17) is 11.6 Å². The molecule has 1 aromatic heterocycles. The lowest BCUT2D eigenvalue weighted by atomic mass is 9.93. The maximum Gasteiger partial charge on any atom is 0.133 e. The smallest absolute Gasteiger partial charge is 0.133 e. The van der Waals surface area contributed by atoms with Gasteiger partial charge in [0.2, 0.25) is 0 Å². The zero-order chi connectivity index (χ0) is 13.2. The molecule has 0 fully saturated rings. The minimum Gasteiger partial charge on any atom is -0.236 e. The highest BCUT2D eigenvalue weighted by Gasteiger charge is 2.13. The first-order chi connectivity index (χ1) is 9.25. The van der Waals surface area contributed by atoms with Gasteiger partial charge in [-0.15, -0.1) is 0 Å². The molecule has 0 spiro atoms. The van der Waals surface area contributed by atoms with E-state index in [2.05, 4.69) is 36.2 Å². The fraction of sp³-hybridized carbons (Fsp3) is 0.118. The quantitative estimate of drug-likeness (QED) is 0.593. The summed E-state index contributed by atoms with van der Waals surface area (Å²) < 4.78 is 0. The van der Waals surface area contributed by atoms with Crippen molar-refractivity contribution in [2.45, 2.75) is 12.8 Å². The largest absolute Gasteiger partial charge is 0.236 e. The molecule has 1 atom stereocenters. The molecule has 0 saturated heterocycles. The third-order valence-corrected chi connectivity index (χ3v) is 3.77. The summed E-state index contributed by atoms with van der Waals surface area (Å²) in [6, 6.07) is 20.6. The molecular formula is C17H14ClN. The molecule has 0 aliphatic rings. The average molecular weight is 268 g/mol. The van der Waals surface area contributed by atoms with E-state index in [-0.39, 0.29) is 5.92 Å². The lowest BCUT2D eigenvalue weighted by molar-refractivity contribution is 0.917. The first kappa shape index (κ1) is 12.2. The summed E-state index contributed by atoms with van der Waals surface area (Å²) in [5.74, 6) is 0.241. The van der Waals surface area contributed by atoms with Crippen LogP contribution in [0.3, 0.4) is 0 Å². The van der Waals surface area contributed by atoms with Gasteiger partial charge in [0, 0.05) is 11.3 Å². The van der Waals surface area contributed by atoms with Crippen LogP contribution >= 0.6 is 11.6 Å². The number of para-hydroxylation sites is 1. The Morgan fingerprint density at radius 3 is 2.42 bits per heavy atom. The van der Waals surface area contributed by atoms with Crippen LogP contribution in [0.4, 0.5) is 0 Å². The molecule has 19 heavy (non-hydrogen) atoms. The Balaban J connectivity index is 2.12. The van der Waals surface area contributed by atoms with Gasteiger partial charge in [-0.1, -0.05) is 67.1 Å². The second-order valence-electron chi connectivity index (χ2n) is 4.69. The molecule has 3 rings (SSSR count). The number of benzene rings is 2. The standard InChI is InChI=1S/C17H14ClN/c1-12(13-7-3-2-4-8-13)15-11-14-9-5-6-10-16(14)19-17(15)18/h2-12H,1H3/t12-/m0/s1. The van der Waals surface area contributed by atoms with Crippen LogP contribution in [-0.2, 0) is 0 Å². The van der Waals surface area contributed by atoms with Crippen LogP contribution in [-0.4, -0.2) is 4.98 Å². The van der Waals surface area contributed by atoms with E-state index in [1.165, 1.54) is 5.56 Å². The van der Waals surface area contributed by atoms with Gasteiger partial charge in [-0.2, -0.15) is 0 Å². The average Bonchev–Trinajstić information content (AvgIpc) is 2.47. The van der Waals surface area contributed by atoms with E-state index >= 15 is 0 Å². The number of hydrogen-bond donors (Lipinski definition) is 0. The highest BCUT2D eigenvalue weighted by atomic mass is 35.5. The predicted octanol–water partition coefficient (Wildman–Crippen LogP) is 5.04. The van der Waals surface area contributed by atoms with Crippen molar-refractivity contribution in [3.63, 3.8) is 0 Å². The van der Waals surface area contributed by atoms with Crippen molar-refractivity contribution >= 4 is 22.5 Å². The second kappa shape index (κ2) is 5.02. The van der Waals surface area contributed by atoms with Gasteiger partial charge in [-0.25, -0.2) is 4.98 Å². The first-order valence-corrected chi connectivity index (χ1v) is 6.73. The van der Waals surface area contributed by atoms with Crippen LogP contribution in [0.2, 0.25) is 5.15 Å². The third-order valence-electron chi connectivity index (χ3n) is 3.47. The van der Waals surface area contributed by atoms with E-state index in [1.54, 1.807) is 0 Å². The molecule has 1 heterocycles. The molecular weight excluding hydrogens is 254 g/mol. The predicted molar refractivity (Wildman–Crippen MR) is 80.7 cm³/mol. The van der Waals surface area contributed by atoms with E-state index in [0.717, 1.165) is 16.5 Å². The highest BCUT2D eigenvalue weighted by molar-refractivity contribution is 6.30. The van der Waals surface area contributed by atoms with Gasteiger partial charge in [-0.3, -0.25) is 0 Å². The maximum atomic E-state index is 6.34. The minimum absolute atomic E-state index is 0.241. The van der Waals surface area contributed by atoms with Crippen LogP contribution in [0.5, 0.6) is 0 Å². The lowest BCUT2D eigenvalue weighted by Gasteiger charge is -2.14. The number of halogens is 1. The van der Waals surface area contributed by atoms with Crippen LogP contribution in [0, 0.1) is 0 Å². The van der Waals surface area contributed by atoms with Crippen LogP contribution in [0.1, 0.15) is 24.0 Å². The molecule has 0 amide bonds. The second-order valence-corrected chi connectivity index (χ2v) is 5.05. The number of hydrogen-bond acceptors (Lipinski definition) is 1. The fourth-order valence-electron chi connectivity index (χ4n) is 2.33. The number of fused-ring (bicyclic) bond motifs is 1. The van der Waals surface area contributed by atoms with Gasteiger partial charge in [-0.05, 0) is 23.3 Å². The lowest BCUT2D eigenvalue weighted by Crippen LogP contribution is -1.98. The monoisotopic (exact) mass is 267 g/mol. The molecule has 0 radical (unpaired) electrons. The van der Waals surface area contributed by atoms with Gasteiger partial charge in [0.1, 0.15) is 5.15 Å². The van der Waals surface area contributed by atoms with E-state index in [0.29, 0.717) is 5.15 Å². The van der Waals surface area contributed by atoms with Crippen molar-refractivity contribution < 1.29 is 0 Å². The Bertz CT molecular complexity index is 707. The summed E-state index contributed by atoms with van der Waals surface area (Å²) in [6.45, 7) is 2.16. The summed E-state index contributed by atoms with van der Waals surface area (Å²) in [6.07, 6.45) is 0. The van der Waals surface area contributed by atoms with Crippen LogP contribution in [0.25, 0.3) is 10.9 Å². The molecule has 0 unspecified atom stereocenters. The fourth-order valence-corrected chi connectivity index (χ4v) is 2.64. The minimum atomic E-state index is 0.241. The number of rotatable bonds is 2. The van der Waals surface area contributed by atoms with Crippen molar-refractivity contribution in [3.8, 4) is 0 Å². The molecule has 3 aromatic rings. The molecule has 1 nitrogen and oxygen atoms in total. The van der Waals surface area contributed by atoms with Gasteiger partial charge in [0.05, 0.1) is 5.52 Å². The van der Waals surface area contributed by atoms with Crippen LogP contribution < -0.4 is 0 Å². The summed E-state index contributed by atoms with van der Waals surface area (Å²) in [5.41, 5.74) is 3.27. The highest BCUT2D eigenvalue weighted by Crippen LogP contribution is 2.31. The first-order valence-electron chi connectivity index (χ1n) is 6.36. The van der Waals surface area contributed by atoms with E-state index in [9.17, 15) is 0 Å². The van der Waals surface area contributed by atoms with Crippen molar-refractivity contribution in [3.05, 3.63) is 76.9 Å². The van der Waals surface area contributed by atoms with Gasteiger partial charge >= 0.3 is 0 Å². The Morgan fingerprint density at radius 1 is 0.947 bits per heavy atom. The third kappa shape index (κ3) is 2.34. The van der Waals surface area contributed by atoms with Crippen molar-refractivity contribution in [1.82, 2.24) is 4.98 Å². The number of aromatic nitrogens is 1. The Morgan fingerprint density at radius 2 is 1.63 bits per heavy atom. The van der Waals surface area contributed by atoms with Crippen molar-refractivity contribution in [2.24, 2.45) is 0 Å². The van der Waals surface area contributed by atoms with Crippen LogP contribution in [0.15, 0.2) is 60.7 Å². The number of pyridine rings is 1. The van der Waals surface area contributed by atoms with Crippen molar-refractivity contribution in [1.29, 1.82) is 0 Å². The van der Waals surface area contributed by atoms with Gasteiger partial charge in [0.15, 0.2) is 0 Å². The normalized spacial score (nSPS) is 12.5. The summed E-state index contributed by atoms with van der Waals surface area (Å²) in [5, 5.41) is 1.72. The zero-order valence-corrected chi connectivity index (χ0v) is 11.4. The van der Waals surface area contributed by atoms with E-state index in [1.807, 2.05) is 36.4 Å². The SMILES string of the molecule is C[C@@H](c1ccccc1)c1cc2ccccc2nc1Cl. The molecule has 0 aliphatic heterocycles. The van der Waals surface area contributed by atoms with Crippen molar-refractivity contribution in [2.75, 3.05) is 0 Å².